The number of rotatable bonds is 6. The van der Waals surface area contributed by atoms with Gasteiger partial charge in [0.05, 0.1) is 13.7 Å². The Kier molecular flexibility index (Phi) is 4.68. The Morgan fingerprint density at radius 3 is 2.90 bits per heavy atom. The zero-order valence-corrected chi connectivity index (χ0v) is 11.9. The predicted molar refractivity (Wildman–Crippen MR) is 76.1 cm³/mol. The Hall–Kier alpha value is -1.95. The van der Waals surface area contributed by atoms with Gasteiger partial charge in [0.2, 0.25) is 0 Å². The first kappa shape index (κ1) is 14.5. The number of ether oxygens (including phenoxy) is 2. The largest absolute Gasteiger partial charge is 0.497 e. The minimum atomic E-state index is -0.119. The maximum absolute atomic E-state index is 11.4. The molecule has 1 heterocycles. The summed E-state index contributed by atoms with van der Waals surface area (Å²) in [7, 11) is 1.61. The van der Waals surface area contributed by atoms with Crippen LogP contribution in [0.25, 0.3) is 0 Å². The molecular weight excluding hydrogens is 258 g/mol. The first-order chi connectivity index (χ1) is 9.61. The molecular formula is C14H21N3O3. The number of nitrogens with zero attached hydrogens (tertiary/aromatic N) is 1. The monoisotopic (exact) mass is 279 g/mol. The molecule has 1 aromatic rings. The van der Waals surface area contributed by atoms with Crippen LogP contribution in [-0.2, 0) is 0 Å². The fourth-order valence-electron chi connectivity index (χ4n) is 2.13. The topological polar surface area (TPSA) is 76.8 Å². The molecule has 0 radical (unpaired) electrons. The normalized spacial score (nSPS) is 15.9. The molecule has 2 rings (SSSR count). The molecule has 6 heteroatoms. The fraction of sp³-hybridized carbons (Fsp3) is 0.500. The van der Waals surface area contributed by atoms with E-state index in [1.807, 2.05) is 25.1 Å². The second kappa shape index (κ2) is 6.47. The zero-order valence-electron chi connectivity index (χ0n) is 11.9. The number of hydrogen-bond donors (Lipinski definition) is 2. The van der Waals surface area contributed by atoms with Crippen LogP contribution in [-0.4, -0.2) is 44.3 Å². The van der Waals surface area contributed by atoms with Crippen molar-refractivity contribution in [1.29, 1.82) is 0 Å². The molecule has 6 nitrogen and oxygen atoms in total. The zero-order chi connectivity index (χ0) is 14.5. The third-order valence-electron chi connectivity index (χ3n) is 3.28. The quantitative estimate of drug-likeness (QED) is 0.818. The molecule has 20 heavy (non-hydrogen) atoms. The van der Waals surface area contributed by atoms with E-state index in [1.165, 1.54) is 0 Å². The molecule has 1 saturated heterocycles. The number of carbonyl (C=O) groups is 1. The van der Waals surface area contributed by atoms with Gasteiger partial charge >= 0.3 is 6.03 Å². The Morgan fingerprint density at radius 2 is 2.30 bits per heavy atom. The van der Waals surface area contributed by atoms with Gasteiger partial charge in [0.15, 0.2) is 0 Å². The molecule has 110 valence electrons. The summed E-state index contributed by atoms with van der Waals surface area (Å²) in [6, 6.07) is 5.43. The van der Waals surface area contributed by atoms with Gasteiger partial charge in [0.25, 0.3) is 0 Å². The van der Waals surface area contributed by atoms with Crippen molar-refractivity contribution >= 4 is 6.03 Å². The van der Waals surface area contributed by atoms with Crippen LogP contribution in [0.1, 0.15) is 18.5 Å². The lowest BCUT2D eigenvalue weighted by atomic mass is 10.1. The molecule has 0 saturated carbocycles. The van der Waals surface area contributed by atoms with E-state index in [2.05, 4.69) is 5.32 Å². The lowest BCUT2D eigenvalue weighted by molar-refractivity contribution is 0.202. The van der Waals surface area contributed by atoms with Crippen molar-refractivity contribution in [3.63, 3.8) is 0 Å². The van der Waals surface area contributed by atoms with Crippen LogP contribution in [0.5, 0.6) is 11.5 Å². The van der Waals surface area contributed by atoms with Crippen molar-refractivity contribution in [2.45, 2.75) is 13.0 Å². The number of nitrogens with one attached hydrogen (secondary N) is 1. The molecule has 0 spiro atoms. The number of methoxy groups -OCH3 is 1. The van der Waals surface area contributed by atoms with E-state index >= 15 is 0 Å². The molecule has 3 N–H and O–H groups in total. The fourth-order valence-corrected chi connectivity index (χ4v) is 2.13. The average molecular weight is 279 g/mol. The van der Waals surface area contributed by atoms with Gasteiger partial charge in [-0.15, -0.1) is 0 Å². The van der Waals surface area contributed by atoms with Gasteiger partial charge in [0.1, 0.15) is 18.1 Å². The predicted octanol–water partition coefficient (Wildman–Crippen LogP) is 1.12. The van der Waals surface area contributed by atoms with E-state index in [0.717, 1.165) is 17.9 Å². The van der Waals surface area contributed by atoms with Crippen LogP contribution >= 0.6 is 0 Å². The minimum Gasteiger partial charge on any atom is -0.497 e. The highest BCUT2D eigenvalue weighted by atomic mass is 16.5. The van der Waals surface area contributed by atoms with Gasteiger partial charge in [-0.1, -0.05) is 6.07 Å². The first-order valence-corrected chi connectivity index (χ1v) is 6.71. The van der Waals surface area contributed by atoms with Crippen molar-refractivity contribution in [2.24, 2.45) is 5.73 Å². The maximum Gasteiger partial charge on any atom is 0.317 e. The van der Waals surface area contributed by atoms with E-state index in [4.69, 9.17) is 15.2 Å². The van der Waals surface area contributed by atoms with Crippen molar-refractivity contribution in [1.82, 2.24) is 10.2 Å². The Labute approximate surface area is 118 Å². The van der Waals surface area contributed by atoms with Gasteiger partial charge in [-0.2, -0.15) is 0 Å². The molecule has 0 aliphatic carbocycles. The summed E-state index contributed by atoms with van der Waals surface area (Å²) in [5.74, 6) is 1.43. The highest BCUT2D eigenvalue weighted by Crippen LogP contribution is 2.28. The third kappa shape index (κ3) is 3.33. The molecule has 1 aliphatic rings. The van der Waals surface area contributed by atoms with E-state index in [-0.39, 0.29) is 12.1 Å². The van der Waals surface area contributed by atoms with Crippen LogP contribution in [0.2, 0.25) is 0 Å². The van der Waals surface area contributed by atoms with Crippen LogP contribution in [0.4, 0.5) is 4.79 Å². The maximum atomic E-state index is 11.4. The highest BCUT2D eigenvalue weighted by Gasteiger charge is 2.19. The van der Waals surface area contributed by atoms with Gasteiger partial charge in [0, 0.05) is 30.8 Å². The lowest BCUT2D eigenvalue weighted by Crippen LogP contribution is -2.32. The van der Waals surface area contributed by atoms with Crippen LogP contribution in [0.15, 0.2) is 18.2 Å². The first-order valence-electron chi connectivity index (χ1n) is 6.71. The molecule has 1 aliphatic heterocycles. The van der Waals surface area contributed by atoms with Crippen molar-refractivity contribution in [3.05, 3.63) is 23.8 Å². The molecule has 0 unspecified atom stereocenters. The third-order valence-corrected chi connectivity index (χ3v) is 3.28. The lowest BCUT2D eigenvalue weighted by Gasteiger charge is -2.18. The number of urea groups is 1. The smallest absolute Gasteiger partial charge is 0.317 e. The summed E-state index contributed by atoms with van der Waals surface area (Å²) in [6.45, 7) is 4.31. The summed E-state index contributed by atoms with van der Waals surface area (Å²) in [6.07, 6.45) is 0. The number of nitrogens with two attached hydrogens (primary N) is 1. The molecule has 0 bridgehead atoms. The van der Waals surface area contributed by atoms with Gasteiger partial charge in [-0.05, 0) is 13.0 Å². The van der Waals surface area contributed by atoms with Crippen LogP contribution in [0.3, 0.4) is 0 Å². The van der Waals surface area contributed by atoms with Gasteiger partial charge < -0.3 is 25.4 Å². The van der Waals surface area contributed by atoms with E-state index < -0.39 is 0 Å². The SMILES string of the molecule is COc1ccc([C@H](C)N)c(OCCN2CCNC2=O)c1. The average Bonchev–Trinajstić information content (AvgIpc) is 2.84. The van der Waals surface area contributed by atoms with Crippen LogP contribution in [0, 0.1) is 0 Å². The number of carbonyl (C=O) groups excluding carboxylic acids is 1. The summed E-state index contributed by atoms with van der Waals surface area (Å²) in [5.41, 5.74) is 6.85. The molecule has 1 fully saturated rings. The Bertz CT molecular complexity index is 477. The van der Waals surface area contributed by atoms with Gasteiger partial charge in [-0.3, -0.25) is 0 Å². The highest BCUT2D eigenvalue weighted by molar-refractivity contribution is 5.76. The summed E-state index contributed by atoms with van der Waals surface area (Å²) >= 11 is 0. The molecule has 2 amide bonds. The number of hydrogen-bond acceptors (Lipinski definition) is 4. The number of benzene rings is 1. The Balaban J connectivity index is 1.98. The summed E-state index contributed by atoms with van der Waals surface area (Å²) in [4.78, 5) is 13.1. The van der Waals surface area contributed by atoms with E-state index in [1.54, 1.807) is 12.0 Å². The summed E-state index contributed by atoms with van der Waals surface area (Å²) < 4.78 is 11.0. The molecule has 1 aromatic carbocycles. The van der Waals surface area contributed by atoms with Crippen molar-refractivity contribution < 1.29 is 14.3 Å². The second-order valence-corrected chi connectivity index (χ2v) is 4.76. The van der Waals surface area contributed by atoms with Crippen molar-refractivity contribution in [3.8, 4) is 11.5 Å². The summed E-state index contributed by atoms with van der Waals surface area (Å²) in [5, 5.41) is 2.76. The molecule has 0 aromatic heterocycles. The van der Waals surface area contributed by atoms with E-state index in [9.17, 15) is 4.79 Å². The van der Waals surface area contributed by atoms with Gasteiger partial charge in [-0.25, -0.2) is 4.79 Å². The second-order valence-electron chi connectivity index (χ2n) is 4.76. The van der Waals surface area contributed by atoms with Crippen molar-refractivity contribution in [2.75, 3.05) is 33.4 Å². The minimum absolute atomic E-state index is 0.0355. The number of amides is 2. The van der Waals surface area contributed by atoms with Crippen LogP contribution < -0.4 is 20.5 Å². The molecule has 1 atom stereocenters. The van der Waals surface area contributed by atoms with E-state index in [0.29, 0.717) is 25.4 Å². The Morgan fingerprint density at radius 1 is 1.50 bits per heavy atom. The standard InChI is InChI=1S/C14H21N3O3/c1-10(15)12-4-3-11(19-2)9-13(12)20-8-7-17-6-5-16-14(17)18/h3-4,9-10H,5-8,15H2,1-2H3,(H,16,18)/t10-/m0/s1.